The molecule has 2 bridgehead atoms. The molecule has 3 nitrogen and oxygen atoms in total. The van der Waals surface area contributed by atoms with Gasteiger partial charge in [0.05, 0.1) is 6.04 Å². The van der Waals surface area contributed by atoms with Gasteiger partial charge >= 0.3 is 0 Å². The number of nitrogens with zero attached hydrogens (tertiary/aromatic N) is 1. The first-order valence-corrected chi connectivity index (χ1v) is 8.94. The van der Waals surface area contributed by atoms with Crippen LogP contribution in [-0.2, 0) is 6.42 Å². The molecule has 5 heteroatoms. The Hall–Kier alpha value is -1.78. The zero-order valence-electron chi connectivity index (χ0n) is 13.5. The van der Waals surface area contributed by atoms with E-state index in [0.717, 1.165) is 40.8 Å². The minimum Gasteiger partial charge on any atom is -0.468 e. The lowest BCUT2D eigenvalue weighted by Gasteiger charge is -2.52. The number of hydrogen-bond acceptors (Lipinski definition) is 2. The summed E-state index contributed by atoms with van der Waals surface area (Å²) >= 11 is 11.8. The first kappa shape index (κ1) is 15.7. The molecule has 0 amide bonds. The predicted octanol–water partition coefficient (Wildman–Crippen LogP) is 4.31. The van der Waals surface area contributed by atoms with E-state index in [9.17, 15) is 0 Å². The van der Waals surface area contributed by atoms with Crippen molar-refractivity contribution in [3.05, 3.63) is 64.7 Å². The lowest BCUT2D eigenvalue weighted by atomic mass is 9.90. The van der Waals surface area contributed by atoms with Gasteiger partial charge in [-0.3, -0.25) is 0 Å². The Bertz CT molecular complexity index is 782. The zero-order valence-corrected chi connectivity index (χ0v) is 15.0. The molecule has 4 rings (SSSR count). The van der Waals surface area contributed by atoms with Gasteiger partial charge in [0.1, 0.15) is 5.75 Å². The summed E-state index contributed by atoms with van der Waals surface area (Å²) in [6, 6.07) is 16.4. The molecule has 2 atom stereocenters. The van der Waals surface area contributed by atoms with E-state index in [0.29, 0.717) is 0 Å². The van der Waals surface area contributed by atoms with Crippen molar-refractivity contribution in [2.45, 2.75) is 31.5 Å². The SMILES string of the molecule is CC12CC(NC(=S)N1CCc1ccccc1)c1cc(Cl)ccc1O2. The Morgan fingerprint density at radius 2 is 2.08 bits per heavy atom. The van der Waals surface area contributed by atoms with Gasteiger partial charge in [0.25, 0.3) is 0 Å². The molecule has 0 aromatic heterocycles. The minimum atomic E-state index is -0.428. The van der Waals surface area contributed by atoms with E-state index < -0.39 is 5.72 Å². The highest BCUT2D eigenvalue weighted by Crippen LogP contribution is 2.44. The summed E-state index contributed by atoms with van der Waals surface area (Å²) in [7, 11) is 0. The second kappa shape index (κ2) is 5.94. The van der Waals surface area contributed by atoms with Crippen LogP contribution in [0.3, 0.4) is 0 Å². The molecule has 2 heterocycles. The summed E-state index contributed by atoms with van der Waals surface area (Å²) in [5.41, 5.74) is 1.96. The van der Waals surface area contributed by atoms with Gasteiger partial charge in [-0.05, 0) is 49.3 Å². The molecule has 2 aliphatic rings. The van der Waals surface area contributed by atoms with Crippen LogP contribution in [0.15, 0.2) is 48.5 Å². The molecule has 0 spiro atoms. The maximum Gasteiger partial charge on any atom is 0.184 e. The lowest BCUT2D eigenvalue weighted by molar-refractivity contribution is -0.0676. The average Bonchev–Trinajstić information content (AvgIpc) is 2.56. The monoisotopic (exact) mass is 358 g/mol. The van der Waals surface area contributed by atoms with Crippen molar-refractivity contribution >= 4 is 28.9 Å². The Kier molecular flexibility index (Phi) is 3.89. The largest absolute Gasteiger partial charge is 0.468 e. The van der Waals surface area contributed by atoms with Crippen molar-refractivity contribution in [1.82, 2.24) is 10.2 Å². The van der Waals surface area contributed by atoms with Crippen molar-refractivity contribution < 1.29 is 4.74 Å². The lowest BCUT2D eigenvalue weighted by Crippen LogP contribution is -2.64. The van der Waals surface area contributed by atoms with Gasteiger partial charge in [-0.25, -0.2) is 0 Å². The fourth-order valence-corrected chi connectivity index (χ4v) is 4.22. The predicted molar refractivity (Wildman–Crippen MR) is 100 cm³/mol. The number of benzene rings is 2. The van der Waals surface area contributed by atoms with E-state index in [1.807, 2.05) is 24.3 Å². The normalized spacial score (nSPS) is 24.8. The Labute approximate surface area is 152 Å². The van der Waals surface area contributed by atoms with Crippen molar-refractivity contribution in [2.24, 2.45) is 0 Å². The number of thiocarbonyl (C=S) groups is 1. The number of hydrogen-bond donors (Lipinski definition) is 1. The van der Waals surface area contributed by atoms with Crippen LogP contribution in [0, 0.1) is 0 Å². The molecule has 0 aliphatic carbocycles. The van der Waals surface area contributed by atoms with Crippen LogP contribution >= 0.6 is 23.8 Å². The first-order chi connectivity index (χ1) is 11.5. The van der Waals surface area contributed by atoms with Crippen molar-refractivity contribution in [3.63, 3.8) is 0 Å². The molecule has 0 saturated carbocycles. The number of ether oxygens (including phenoxy) is 1. The maximum atomic E-state index is 6.36. The van der Waals surface area contributed by atoms with E-state index in [1.165, 1.54) is 5.56 Å². The molecule has 1 fully saturated rings. The molecule has 1 N–H and O–H groups in total. The second-order valence-electron chi connectivity index (χ2n) is 6.55. The van der Waals surface area contributed by atoms with E-state index in [-0.39, 0.29) is 6.04 Å². The van der Waals surface area contributed by atoms with Gasteiger partial charge in [-0.2, -0.15) is 0 Å². The van der Waals surface area contributed by atoms with Crippen LogP contribution in [0.25, 0.3) is 0 Å². The third-order valence-corrected chi connectivity index (χ3v) is 5.41. The van der Waals surface area contributed by atoms with Gasteiger partial charge in [-0.15, -0.1) is 0 Å². The average molecular weight is 359 g/mol. The molecule has 2 unspecified atom stereocenters. The van der Waals surface area contributed by atoms with Gasteiger partial charge in [-0.1, -0.05) is 41.9 Å². The molecule has 24 heavy (non-hydrogen) atoms. The highest BCUT2D eigenvalue weighted by atomic mass is 35.5. The zero-order chi connectivity index (χ0) is 16.7. The number of rotatable bonds is 3. The summed E-state index contributed by atoms with van der Waals surface area (Å²) in [5, 5.41) is 4.93. The van der Waals surface area contributed by atoms with Gasteiger partial charge in [0, 0.05) is 23.6 Å². The quantitative estimate of drug-likeness (QED) is 0.826. The molecule has 124 valence electrons. The van der Waals surface area contributed by atoms with Gasteiger partial charge in [0.2, 0.25) is 0 Å². The van der Waals surface area contributed by atoms with E-state index in [1.54, 1.807) is 0 Å². The standard InChI is InChI=1S/C19H19ClN2OS/c1-19-12-16(15-11-14(20)7-8-17(15)23-19)21-18(24)22(19)10-9-13-5-3-2-4-6-13/h2-8,11,16H,9-10,12H2,1H3,(H,21,24). The van der Waals surface area contributed by atoms with Crippen molar-refractivity contribution in [3.8, 4) is 5.75 Å². The molecule has 2 aromatic carbocycles. The molecule has 0 radical (unpaired) electrons. The van der Waals surface area contributed by atoms with E-state index in [2.05, 4.69) is 41.4 Å². The van der Waals surface area contributed by atoms with Crippen LogP contribution in [0.1, 0.15) is 30.5 Å². The maximum absolute atomic E-state index is 6.36. The summed E-state index contributed by atoms with van der Waals surface area (Å²) in [5.74, 6) is 0.887. The Balaban J connectivity index is 1.59. The van der Waals surface area contributed by atoms with Gasteiger partial charge in [0.15, 0.2) is 10.8 Å². The minimum absolute atomic E-state index is 0.151. The molecule has 2 aliphatic heterocycles. The fourth-order valence-electron chi connectivity index (χ4n) is 3.61. The third kappa shape index (κ3) is 2.74. The first-order valence-electron chi connectivity index (χ1n) is 8.16. The molecular weight excluding hydrogens is 340 g/mol. The summed E-state index contributed by atoms with van der Waals surface area (Å²) < 4.78 is 6.36. The Morgan fingerprint density at radius 3 is 2.88 bits per heavy atom. The number of halogens is 1. The summed E-state index contributed by atoms with van der Waals surface area (Å²) in [6.45, 7) is 2.94. The summed E-state index contributed by atoms with van der Waals surface area (Å²) in [6.07, 6.45) is 1.77. The van der Waals surface area contributed by atoms with Crippen molar-refractivity contribution in [1.29, 1.82) is 0 Å². The highest BCUT2D eigenvalue weighted by Gasteiger charge is 2.47. The number of fused-ring (bicyclic) bond motifs is 4. The molecular formula is C19H19ClN2OS. The summed E-state index contributed by atoms with van der Waals surface area (Å²) in [4.78, 5) is 2.17. The van der Waals surface area contributed by atoms with Crippen LogP contribution in [0.4, 0.5) is 0 Å². The second-order valence-corrected chi connectivity index (χ2v) is 7.38. The third-order valence-electron chi connectivity index (χ3n) is 4.84. The van der Waals surface area contributed by atoms with Gasteiger partial charge < -0.3 is 15.0 Å². The fraction of sp³-hybridized carbons (Fsp3) is 0.316. The van der Waals surface area contributed by atoms with E-state index >= 15 is 0 Å². The van der Waals surface area contributed by atoms with E-state index in [4.69, 9.17) is 28.6 Å². The van der Waals surface area contributed by atoms with Crippen LogP contribution < -0.4 is 10.1 Å². The molecule has 1 saturated heterocycles. The highest BCUT2D eigenvalue weighted by molar-refractivity contribution is 7.80. The molecule has 2 aromatic rings. The smallest absolute Gasteiger partial charge is 0.184 e. The topological polar surface area (TPSA) is 24.5 Å². The van der Waals surface area contributed by atoms with Crippen LogP contribution in [-0.4, -0.2) is 22.3 Å². The van der Waals surface area contributed by atoms with Crippen LogP contribution in [0.5, 0.6) is 5.75 Å². The van der Waals surface area contributed by atoms with Crippen LogP contribution in [0.2, 0.25) is 5.02 Å². The number of nitrogens with one attached hydrogen (secondary N) is 1. The van der Waals surface area contributed by atoms with Crippen molar-refractivity contribution in [2.75, 3.05) is 6.54 Å². The Morgan fingerprint density at radius 1 is 1.29 bits per heavy atom.